The summed E-state index contributed by atoms with van der Waals surface area (Å²) in [7, 11) is 8.35. The molecule has 8 rings (SSSR count). The Bertz CT molecular complexity index is 1960. The van der Waals surface area contributed by atoms with Crippen molar-refractivity contribution in [2.45, 2.75) is 37.8 Å². The molecule has 4 heterocycles. The largest absolute Gasteiger partial charge is 0.508 e. The van der Waals surface area contributed by atoms with Crippen molar-refractivity contribution < 1.29 is 29.3 Å². The van der Waals surface area contributed by atoms with E-state index in [4.69, 9.17) is 19.7 Å². The number of nitrogens with zero attached hydrogens (tertiary/aromatic N) is 2. The van der Waals surface area contributed by atoms with Crippen LogP contribution in [0.15, 0.2) is 109 Å². The van der Waals surface area contributed by atoms with Crippen molar-refractivity contribution in [3.05, 3.63) is 132 Å². The normalized spacial score (nSPS) is 15.8. The molecule has 56 heavy (non-hydrogen) atoms. The fraction of sp³-hybridized carbons (Fsp3) is 0.318. The average Bonchev–Trinajstić information content (AvgIpc) is 3.99. The van der Waals surface area contributed by atoms with E-state index >= 15 is 0 Å². The van der Waals surface area contributed by atoms with Crippen molar-refractivity contribution in [3.63, 3.8) is 0 Å². The van der Waals surface area contributed by atoms with Crippen LogP contribution in [0.3, 0.4) is 0 Å². The highest BCUT2D eigenvalue weighted by atomic mass is 16.6. The van der Waals surface area contributed by atoms with Crippen molar-refractivity contribution in [2.24, 2.45) is 0 Å². The van der Waals surface area contributed by atoms with E-state index < -0.39 is 0 Å². The van der Waals surface area contributed by atoms with Gasteiger partial charge in [-0.2, -0.15) is 0 Å². The van der Waals surface area contributed by atoms with Gasteiger partial charge in [0.15, 0.2) is 0 Å². The van der Waals surface area contributed by atoms with E-state index in [0.29, 0.717) is 24.7 Å². The molecule has 0 unspecified atom stereocenters. The smallest absolute Gasteiger partial charge is 0.407 e. The fourth-order valence-electron chi connectivity index (χ4n) is 6.30. The molecule has 6 N–H and O–H groups in total. The molecule has 4 aromatic carbocycles. The summed E-state index contributed by atoms with van der Waals surface area (Å²) in [5, 5.41) is 25.5. The Morgan fingerprint density at radius 2 is 0.982 bits per heavy atom. The summed E-state index contributed by atoms with van der Waals surface area (Å²) in [6.07, 6.45) is 7.24. The molecule has 0 spiro atoms. The first-order valence-electron chi connectivity index (χ1n) is 18.8. The summed E-state index contributed by atoms with van der Waals surface area (Å²) in [5.41, 5.74) is 7.46. The zero-order chi connectivity index (χ0) is 39.9. The van der Waals surface area contributed by atoms with Crippen LogP contribution in [0.25, 0.3) is 21.8 Å². The number of phenols is 2. The highest BCUT2D eigenvalue weighted by Gasteiger charge is 2.23. The molecule has 0 saturated carbocycles. The van der Waals surface area contributed by atoms with Gasteiger partial charge in [-0.1, -0.05) is 48.5 Å². The van der Waals surface area contributed by atoms with Crippen molar-refractivity contribution in [1.29, 1.82) is 0 Å². The molecule has 2 aliphatic heterocycles. The maximum Gasteiger partial charge on any atom is 0.407 e. The number of nitrogens with one attached hydrogen (secondary N) is 4. The van der Waals surface area contributed by atoms with E-state index in [2.05, 4.69) is 107 Å². The van der Waals surface area contributed by atoms with Gasteiger partial charge < -0.3 is 50.1 Å². The van der Waals surface area contributed by atoms with Crippen LogP contribution < -0.4 is 10.6 Å². The van der Waals surface area contributed by atoms with Crippen LogP contribution in [0.1, 0.15) is 22.3 Å². The van der Waals surface area contributed by atoms with E-state index in [1.54, 1.807) is 48.5 Å². The van der Waals surface area contributed by atoms with Crippen molar-refractivity contribution in [3.8, 4) is 11.5 Å². The lowest BCUT2D eigenvalue weighted by molar-refractivity contribution is 0.176. The number of alkyl carbamates (subject to hydrolysis) is 2. The molecule has 0 radical (unpaired) electrons. The van der Waals surface area contributed by atoms with Gasteiger partial charge in [0, 0.05) is 47.3 Å². The number of phenolic OH excluding ortho intramolecular Hbond substituents is 2. The molecule has 12 heteroatoms. The topological polar surface area (TPSA) is 155 Å². The van der Waals surface area contributed by atoms with Crippen LogP contribution in [-0.2, 0) is 35.2 Å². The molecule has 2 atom stereocenters. The van der Waals surface area contributed by atoms with Gasteiger partial charge in [-0.25, -0.2) is 9.59 Å². The van der Waals surface area contributed by atoms with Crippen molar-refractivity contribution in [2.75, 3.05) is 54.5 Å². The monoisotopic (exact) mass is 762 g/mol. The fourth-order valence-corrected chi connectivity index (χ4v) is 6.30. The number of hydrogen-bond acceptors (Lipinski definition) is 8. The summed E-state index contributed by atoms with van der Waals surface area (Å²) in [5.74, 6) is 0.644. The number of rotatable bonds is 10. The number of benzene rings is 4. The first-order chi connectivity index (χ1) is 27.0. The number of carbonyl (C=O) groups is 2. The van der Waals surface area contributed by atoms with E-state index in [9.17, 15) is 9.59 Å². The minimum absolute atomic E-state index is 0.0825. The molecule has 12 nitrogen and oxygen atoms in total. The molecule has 2 amide bonds. The number of para-hydroxylation sites is 2. The first-order valence-corrected chi connectivity index (χ1v) is 18.8. The molecule has 2 saturated heterocycles. The molecular weight excluding hydrogens is 709 g/mol. The van der Waals surface area contributed by atoms with Gasteiger partial charge in [0.1, 0.15) is 24.7 Å². The zero-order valence-electron chi connectivity index (χ0n) is 32.6. The van der Waals surface area contributed by atoms with Gasteiger partial charge in [-0.3, -0.25) is 0 Å². The van der Waals surface area contributed by atoms with Crippen LogP contribution in [-0.4, -0.2) is 109 Å². The quantitative estimate of drug-likeness (QED) is 0.0910. The Labute approximate surface area is 328 Å². The maximum atomic E-state index is 11.1. The highest BCUT2D eigenvalue weighted by Crippen LogP contribution is 2.23. The number of likely N-dealkylation sites (N-methyl/N-ethyl adjacent to an activating group) is 2. The lowest BCUT2D eigenvalue weighted by Crippen LogP contribution is -2.28. The number of hydrogen-bond donors (Lipinski definition) is 6. The number of amides is 2. The maximum absolute atomic E-state index is 11.1. The van der Waals surface area contributed by atoms with E-state index in [-0.39, 0.29) is 24.3 Å². The van der Waals surface area contributed by atoms with Gasteiger partial charge in [-0.15, -0.1) is 0 Å². The number of cyclic esters (lactones) is 2. The predicted octanol–water partition coefficient (Wildman–Crippen LogP) is 6.63. The molecule has 2 aliphatic rings. The highest BCUT2D eigenvalue weighted by molar-refractivity contribution is 5.85. The molecule has 0 bridgehead atoms. The number of aromatic nitrogens is 2. The molecule has 0 aliphatic carbocycles. The Kier molecular flexibility index (Phi) is 15.2. The number of carbonyl (C=O) groups excluding carboxylic acids is 2. The van der Waals surface area contributed by atoms with Crippen molar-refractivity contribution >= 4 is 34.0 Å². The number of ether oxygens (including phenoxy) is 2. The standard InChI is InChI=1S/2C16H21N3O2.2C6H6O/c2*1-19(2)6-5-12-9-17-15-4-3-11(8-14(12)15)7-13-10-21-16(20)18-13;2*7-6-4-2-1-3-5-6/h2*3-4,8-9,13,17H,5-7,10H2,1-2H3,(H,18,20);2*1-5,7H/t2*13-;;/m00../s1. The zero-order valence-corrected chi connectivity index (χ0v) is 32.6. The van der Waals surface area contributed by atoms with Gasteiger partial charge in [-0.05, 0) is 125 Å². The lowest BCUT2D eigenvalue weighted by Gasteiger charge is -2.09. The third kappa shape index (κ3) is 13.1. The second-order valence-electron chi connectivity index (χ2n) is 14.5. The molecule has 2 aromatic heterocycles. The minimum Gasteiger partial charge on any atom is -0.508 e. The number of aromatic hydroxyl groups is 2. The summed E-state index contributed by atoms with van der Waals surface area (Å²) < 4.78 is 9.87. The van der Waals surface area contributed by atoms with Crippen LogP contribution in [0.2, 0.25) is 0 Å². The molecule has 6 aromatic rings. The number of H-pyrrole nitrogens is 2. The Morgan fingerprint density at radius 1 is 0.589 bits per heavy atom. The Balaban J connectivity index is 0.000000160. The van der Waals surface area contributed by atoms with E-state index in [0.717, 1.165) is 38.8 Å². The minimum atomic E-state index is -0.311. The Hall–Kier alpha value is -5.98. The predicted molar refractivity (Wildman–Crippen MR) is 221 cm³/mol. The van der Waals surface area contributed by atoms with Crippen LogP contribution in [0.5, 0.6) is 11.5 Å². The Morgan fingerprint density at radius 3 is 1.29 bits per heavy atom. The number of aromatic amines is 2. The van der Waals surface area contributed by atoms with E-state index in [1.807, 2.05) is 12.1 Å². The summed E-state index contributed by atoms with van der Waals surface area (Å²) >= 11 is 0. The third-order valence-electron chi connectivity index (χ3n) is 9.27. The first kappa shape index (κ1) is 41.2. The van der Waals surface area contributed by atoms with Gasteiger partial charge in [0.05, 0.1) is 12.1 Å². The number of fused-ring (bicyclic) bond motifs is 2. The molecule has 2 fully saturated rings. The van der Waals surface area contributed by atoms with Crippen LogP contribution in [0, 0.1) is 0 Å². The van der Waals surface area contributed by atoms with Gasteiger partial charge in [0.25, 0.3) is 0 Å². The third-order valence-corrected chi connectivity index (χ3v) is 9.27. The SMILES string of the molecule is CN(C)CCc1c[nH]c2ccc(C[C@H]3COC(=O)N3)cc12.CN(C)CCc1c[nH]c2ccc(C[C@H]3COC(=O)N3)cc12.Oc1ccccc1.Oc1ccccc1. The van der Waals surface area contributed by atoms with Crippen LogP contribution >= 0.6 is 0 Å². The summed E-state index contributed by atoms with van der Waals surface area (Å²) in [6, 6.07) is 30.5. The van der Waals surface area contributed by atoms with E-state index in [1.165, 1.54) is 44.1 Å². The van der Waals surface area contributed by atoms with Crippen molar-refractivity contribution in [1.82, 2.24) is 30.4 Å². The average molecular weight is 763 g/mol. The lowest BCUT2D eigenvalue weighted by atomic mass is 10.0. The summed E-state index contributed by atoms with van der Waals surface area (Å²) in [6.45, 7) is 2.97. The second kappa shape index (κ2) is 20.6. The summed E-state index contributed by atoms with van der Waals surface area (Å²) in [4.78, 5) is 33.2. The second-order valence-corrected chi connectivity index (χ2v) is 14.5. The van der Waals surface area contributed by atoms with Gasteiger partial charge in [0.2, 0.25) is 0 Å². The van der Waals surface area contributed by atoms with Crippen LogP contribution in [0.4, 0.5) is 9.59 Å². The molecular formula is C44H54N6O6. The molecule has 296 valence electrons. The van der Waals surface area contributed by atoms with Gasteiger partial charge >= 0.3 is 12.2 Å².